The highest BCUT2D eigenvalue weighted by Crippen LogP contribution is 2.60. The summed E-state index contributed by atoms with van der Waals surface area (Å²) in [6, 6.07) is 1.73. The van der Waals surface area contributed by atoms with Gasteiger partial charge < -0.3 is 5.11 Å². The Kier molecular flexibility index (Phi) is 3.55. The maximum atomic E-state index is 12.4. The summed E-state index contributed by atoms with van der Waals surface area (Å²) in [4.78, 5) is 23.5. The molecule has 2 saturated carbocycles. The molecule has 1 N–H and O–H groups in total. The van der Waals surface area contributed by atoms with Gasteiger partial charge in [-0.25, -0.2) is 0 Å². The highest BCUT2D eigenvalue weighted by Gasteiger charge is 2.54. The van der Waals surface area contributed by atoms with E-state index in [1.807, 2.05) is 0 Å². The first-order valence-electron chi connectivity index (χ1n) is 8.38. The average molecular weight is 425 g/mol. The molecule has 5 heteroatoms. The Morgan fingerprint density at radius 1 is 1.30 bits per heavy atom. The van der Waals surface area contributed by atoms with Gasteiger partial charge in [-0.15, -0.1) is 4.91 Å². The normalized spacial score (nSPS) is 35.4. The Bertz CT molecular complexity index is 717. The monoisotopic (exact) mass is 425 g/mol. The highest BCUT2D eigenvalue weighted by atomic mass is 127. The fraction of sp³-hybridized carbons (Fsp3) is 0.611. The van der Waals surface area contributed by atoms with Crippen LogP contribution in [0.15, 0.2) is 11.2 Å². The molecular weight excluding hydrogens is 405 g/mol. The van der Waals surface area contributed by atoms with Crippen molar-refractivity contribution in [1.82, 2.24) is 0 Å². The maximum absolute atomic E-state index is 12.4. The zero-order chi connectivity index (χ0) is 16.4. The van der Waals surface area contributed by atoms with Crippen LogP contribution in [0.5, 0.6) is 5.75 Å². The van der Waals surface area contributed by atoms with E-state index < -0.39 is 0 Å². The predicted octanol–water partition coefficient (Wildman–Crippen LogP) is 4.82. The molecule has 1 aromatic rings. The second-order valence-corrected chi connectivity index (χ2v) is 8.63. The summed E-state index contributed by atoms with van der Waals surface area (Å²) in [6.45, 7) is 2.17. The first-order chi connectivity index (χ1) is 11.0. The Labute approximate surface area is 149 Å². The number of ketones is 1. The predicted molar refractivity (Wildman–Crippen MR) is 95.9 cm³/mol. The van der Waals surface area contributed by atoms with Crippen molar-refractivity contribution in [2.45, 2.75) is 51.4 Å². The molecule has 4 rings (SSSR count). The van der Waals surface area contributed by atoms with Crippen molar-refractivity contribution < 1.29 is 9.90 Å². The lowest BCUT2D eigenvalue weighted by atomic mass is 9.55. The van der Waals surface area contributed by atoms with Crippen LogP contribution in [0.3, 0.4) is 0 Å². The number of aryl methyl sites for hydroxylation is 1. The molecule has 0 spiro atoms. The number of hydrogen-bond acceptors (Lipinski definition) is 4. The van der Waals surface area contributed by atoms with Gasteiger partial charge in [0.2, 0.25) is 0 Å². The van der Waals surface area contributed by atoms with Gasteiger partial charge in [-0.1, -0.05) is 6.92 Å². The third-order valence-electron chi connectivity index (χ3n) is 6.70. The number of benzene rings is 1. The zero-order valence-electron chi connectivity index (χ0n) is 13.1. The van der Waals surface area contributed by atoms with Crippen LogP contribution in [0.4, 0.5) is 5.69 Å². The van der Waals surface area contributed by atoms with E-state index in [2.05, 4.69) is 34.7 Å². The molecule has 4 atom stereocenters. The van der Waals surface area contributed by atoms with Gasteiger partial charge in [0.1, 0.15) is 11.5 Å². The molecule has 4 nitrogen and oxygen atoms in total. The van der Waals surface area contributed by atoms with Crippen LogP contribution < -0.4 is 0 Å². The van der Waals surface area contributed by atoms with Crippen molar-refractivity contribution in [3.63, 3.8) is 0 Å². The Hall–Kier alpha value is -0.980. The number of nitroso groups, excluding NO2 is 1. The summed E-state index contributed by atoms with van der Waals surface area (Å²) in [5, 5.41) is 13.1. The lowest BCUT2D eigenvalue weighted by Crippen LogP contribution is -2.42. The highest BCUT2D eigenvalue weighted by molar-refractivity contribution is 14.1. The number of rotatable bonds is 1. The van der Waals surface area contributed by atoms with Gasteiger partial charge >= 0.3 is 0 Å². The fourth-order valence-corrected chi connectivity index (χ4v) is 6.65. The topological polar surface area (TPSA) is 66.7 Å². The molecule has 3 aliphatic carbocycles. The minimum absolute atomic E-state index is 0.00158. The molecule has 122 valence electrons. The number of carbonyl (C=O) groups is 1. The number of carbonyl (C=O) groups excluding carboxylic acids is 1. The Morgan fingerprint density at radius 2 is 2.09 bits per heavy atom. The van der Waals surface area contributed by atoms with Gasteiger partial charge in [0.25, 0.3) is 0 Å². The summed E-state index contributed by atoms with van der Waals surface area (Å²) in [6.07, 6.45) is 5.67. The first kappa shape index (κ1) is 15.5. The third kappa shape index (κ3) is 2.04. The number of nitrogens with zero attached hydrogens (tertiary/aromatic N) is 1. The van der Waals surface area contributed by atoms with Crippen molar-refractivity contribution >= 4 is 34.1 Å². The van der Waals surface area contributed by atoms with Crippen molar-refractivity contribution in [2.24, 2.45) is 22.4 Å². The van der Waals surface area contributed by atoms with Crippen LogP contribution in [0.25, 0.3) is 0 Å². The number of fused-ring (bicyclic) bond motifs is 5. The second kappa shape index (κ2) is 5.26. The average Bonchev–Trinajstić information content (AvgIpc) is 2.83. The van der Waals surface area contributed by atoms with Crippen LogP contribution in [0.1, 0.15) is 56.1 Å². The lowest BCUT2D eigenvalue weighted by molar-refractivity contribution is -0.129. The van der Waals surface area contributed by atoms with E-state index in [1.54, 1.807) is 6.07 Å². The molecule has 0 amide bonds. The summed E-state index contributed by atoms with van der Waals surface area (Å²) < 4.78 is 0.815. The minimum atomic E-state index is -0.132. The molecule has 0 aromatic heterocycles. The van der Waals surface area contributed by atoms with Gasteiger partial charge in [-0.3, -0.25) is 4.79 Å². The molecule has 0 bridgehead atoms. The van der Waals surface area contributed by atoms with E-state index in [-0.39, 0.29) is 16.9 Å². The summed E-state index contributed by atoms with van der Waals surface area (Å²) in [7, 11) is 0. The molecule has 23 heavy (non-hydrogen) atoms. The van der Waals surface area contributed by atoms with E-state index in [0.717, 1.165) is 47.7 Å². The van der Waals surface area contributed by atoms with E-state index in [0.29, 0.717) is 23.5 Å². The van der Waals surface area contributed by atoms with E-state index in [4.69, 9.17) is 0 Å². The first-order valence-corrected chi connectivity index (χ1v) is 9.46. The number of halogens is 1. The Morgan fingerprint density at radius 3 is 2.83 bits per heavy atom. The van der Waals surface area contributed by atoms with E-state index in [1.165, 1.54) is 5.56 Å². The molecule has 2 fully saturated rings. The smallest absolute Gasteiger partial charge is 0.163 e. The molecule has 0 saturated heterocycles. The molecular formula is C18H20INO3. The standard InChI is InChI=1S/C18H20INO3/c1-18-7-6-11-10(12(18)4-5-14(18)22)3-2-9-8-13(21)17(20-23)16(19)15(9)11/h8,10-12,21H,2-7H2,1H3/t10-,11+,12+,18+/m1/s1. The van der Waals surface area contributed by atoms with Gasteiger partial charge in [0.05, 0.1) is 0 Å². The van der Waals surface area contributed by atoms with Gasteiger partial charge in [0, 0.05) is 15.4 Å². The van der Waals surface area contributed by atoms with E-state index >= 15 is 0 Å². The summed E-state index contributed by atoms with van der Waals surface area (Å²) >= 11 is 2.17. The number of Topliss-reactive ketones (excluding diaryl/α,β-unsaturated/α-hetero) is 1. The van der Waals surface area contributed by atoms with E-state index in [9.17, 15) is 14.8 Å². The number of phenols is 1. The molecule has 0 radical (unpaired) electrons. The van der Waals surface area contributed by atoms with Crippen LogP contribution in [0.2, 0.25) is 0 Å². The maximum Gasteiger partial charge on any atom is 0.163 e. The quantitative estimate of drug-likeness (QED) is 0.518. The zero-order valence-corrected chi connectivity index (χ0v) is 15.3. The van der Waals surface area contributed by atoms with Crippen molar-refractivity contribution in [1.29, 1.82) is 0 Å². The molecule has 3 aliphatic rings. The lowest BCUT2D eigenvalue weighted by Gasteiger charge is -2.48. The molecule has 0 aliphatic heterocycles. The molecule has 0 heterocycles. The number of hydrogen-bond donors (Lipinski definition) is 1. The largest absolute Gasteiger partial charge is 0.506 e. The SMILES string of the molecule is C[C@]12CC[C@@H]3c4c(cc(O)c(N=O)c4I)CC[C@H]3[C@@H]1CCC2=O. The minimum Gasteiger partial charge on any atom is -0.506 e. The molecule has 0 unspecified atom stereocenters. The number of aromatic hydroxyl groups is 1. The number of phenolic OH excluding ortho intramolecular Hbond substituents is 1. The van der Waals surface area contributed by atoms with Crippen LogP contribution in [0, 0.1) is 25.7 Å². The van der Waals surface area contributed by atoms with Crippen molar-refractivity contribution in [3.05, 3.63) is 25.7 Å². The van der Waals surface area contributed by atoms with Crippen molar-refractivity contribution in [2.75, 3.05) is 0 Å². The third-order valence-corrected chi connectivity index (χ3v) is 7.79. The van der Waals surface area contributed by atoms with Crippen molar-refractivity contribution in [3.8, 4) is 5.75 Å². The van der Waals surface area contributed by atoms with Gasteiger partial charge in [-0.2, -0.15) is 0 Å². The van der Waals surface area contributed by atoms with Gasteiger partial charge in [0.15, 0.2) is 5.69 Å². The summed E-state index contributed by atoms with van der Waals surface area (Å²) in [5.41, 5.74) is 2.43. The van der Waals surface area contributed by atoms with Gasteiger partial charge in [-0.05, 0) is 94.8 Å². The van der Waals surface area contributed by atoms with Crippen LogP contribution in [-0.2, 0) is 11.2 Å². The van der Waals surface area contributed by atoms with Crippen LogP contribution in [-0.4, -0.2) is 10.9 Å². The Balaban J connectivity index is 1.81. The molecule has 1 aromatic carbocycles. The second-order valence-electron chi connectivity index (χ2n) is 7.56. The summed E-state index contributed by atoms with van der Waals surface area (Å²) in [5.74, 6) is 1.83. The fourth-order valence-electron chi connectivity index (χ4n) is 5.53. The van der Waals surface area contributed by atoms with Crippen LogP contribution >= 0.6 is 22.6 Å².